The normalized spacial score (nSPS) is 19.0. The molecular weight excluding hydrogens is 1620 g/mol. The summed E-state index contributed by atoms with van der Waals surface area (Å²) in [6, 6.07) is 52.2. The number of rotatable bonds is 16. The van der Waals surface area contributed by atoms with E-state index in [0.717, 1.165) is 170 Å². The molecule has 5 aliphatic heterocycles. The number of benzene rings is 5. The first-order chi connectivity index (χ1) is 57.9. The molecule has 5 saturated heterocycles. The molecule has 15 rings (SSSR count). The molecule has 5 N–H and O–H groups in total. The smallest absolute Gasteiger partial charge is 0.267 e. The number of carbonyl (C=O) groups is 2. The zero-order chi connectivity index (χ0) is 87.5. The van der Waals surface area contributed by atoms with E-state index < -0.39 is 11.6 Å². The maximum atomic E-state index is 13.6. The quantitative estimate of drug-likeness (QED) is 0.0625. The Kier molecular flexibility index (Phi) is 30.2. The third-order valence-corrected chi connectivity index (χ3v) is 25.0. The molecule has 1 aliphatic carbocycles. The van der Waals surface area contributed by atoms with E-state index in [9.17, 15) is 37.5 Å². The van der Waals surface area contributed by atoms with E-state index in [2.05, 4.69) is 235 Å². The summed E-state index contributed by atoms with van der Waals surface area (Å²) in [7, 11) is 0. The molecule has 4 atom stereocenters. The number of amides is 2. The van der Waals surface area contributed by atoms with Gasteiger partial charge in [-0.25, -0.2) is 8.78 Å². The van der Waals surface area contributed by atoms with E-state index >= 15 is 0 Å². The number of likely N-dealkylation sites (tertiary alicyclic amines) is 3. The van der Waals surface area contributed by atoms with Gasteiger partial charge in [-0.15, -0.1) is 0 Å². The molecule has 1 saturated carbocycles. The van der Waals surface area contributed by atoms with Gasteiger partial charge in [-0.05, 0) is 221 Å². The minimum atomic E-state index is -0.829. The second-order valence-corrected chi connectivity index (χ2v) is 39.1. The van der Waals surface area contributed by atoms with Crippen LogP contribution < -0.4 is 27.6 Å². The molecule has 21 heteroatoms. The van der Waals surface area contributed by atoms with Crippen LogP contribution in [0.5, 0.6) is 0 Å². The first-order valence-electron chi connectivity index (χ1n) is 42.8. The van der Waals surface area contributed by atoms with Crippen LogP contribution in [0.3, 0.4) is 0 Å². The van der Waals surface area contributed by atoms with E-state index in [0.29, 0.717) is 38.1 Å². The highest BCUT2D eigenvalue weighted by molar-refractivity contribution is 6.31. The molecule has 6 aliphatic rings. The Morgan fingerprint density at radius 1 is 0.385 bits per heavy atom. The van der Waals surface area contributed by atoms with Gasteiger partial charge < -0.3 is 39.8 Å². The first-order valence-corrected chi connectivity index (χ1v) is 44.3. The van der Waals surface area contributed by atoms with Crippen molar-refractivity contribution in [2.24, 2.45) is 35.5 Å². The number of pyridine rings is 4. The number of carbonyl (C=O) groups excluding carboxylic acids is 2. The topological polar surface area (TPSA) is 197 Å². The molecule has 122 heavy (non-hydrogen) atoms. The molecule has 6 fully saturated rings. The molecule has 644 valence electrons. The van der Waals surface area contributed by atoms with Gasteiger partial charge in [-0.1, -0.05) is 257 Å². The van der Waals surface area contributed by atoms with Crippen LogP contribution >= 0.6 is 46.4 Å². The van der Waals surface area contributed by atoms with Gasteiger partial charge in [0.05, 0.1) is 0 Å². The lowest BCUT2D eigenvalue weighted by Crippen LogP contribution is -2.37. The van der Waals surface area contributed by atoms with E-state index in [4.69, 9.17) is 51.1 Å². The van der Waals surface area contributed by atoms with E-state index in [-0.39, 0.29) is 99.5 Å². The van der Waals surface area contributed by atoms with Crippen LogP contribution in [0.25, 0.3) is 22.3 Å². The second kappa shape index (κ2) is 40.1. The van der Waals surface area contributed by atoms with E-state index in [1.165, 1.54) is 34.4 Å². The van der Waals surface area contributed by atoms with Crippen molar-refractivity contribution in [3.63, 3.8) is 0 Å². The van der Waals surface area contributed by atoms with E-state index in [1.54, 1.807) is 30.3 Å². The molecule has 2 amide bonds. The molecular formula is C101H116Cl4F2N8O7. The largest absolute Gasteiger partial charge is 0.381 e. The number of hydrogen-bond donors (Lipinski definition) is 5. The number of nitrogens with zero attached hydrogens (tertiary/aromatic N) is 3. The average molecular weight is 1730 g/mol. The number of aromatic amines is 4. The van der Waals surface area contributed by atoms with Gasteiger partial charge in [0, 0.05) is 116 Å². The third-order valence-electron chi connectivity index (χ3n) is 23.8. The lowest BCUT2D eigenvalue weighted by molar-refractivity contribution is -0.137. The van der Waals surface area contributed by atoms with Gasteiger partial charge >= 0.3 is 0 Å². The third kappa shape index (κ3) is 24.6. The van der Waals surface area contributed by atoms with Gasteiger partial charge in [0.1, 0.15) is 20.1 Å². The Balaban J connectivity index is 0.000000150. The molecule has 0 unspecified atom stereocenters. The van der Waals surface area contributed by atoms with Crippen molar-refractivity contribution in [1.29, 1.82) is 0 Å². The summed E-state index contributed by atoms with van der Waals surface area (Å²) in [6.07, 6.45) is 16.5. The summed E-state index contributed by atoms with van der Waals surface area (Å²) in [4.78, 5) is 91.9. The Labute approximate surface area is 736 Å². The maximum absolute atomic E-state index is 13.6. The lowest BCUT2D eigenvalue weighted by atomic mass is 9.85. The van der Waals surface area contributed by atoms with Crippen molar-refractivity contribution in [3.8, 4) is 0 Å². The van der Waals surface area contributed by atoms with Gasteiger partial charge in [0.2, 0.25) is 11.8 Å². The summed E-state index contributed by atoms with van der Waals surface area (Å²) in [5.41, 5.74) is 16.1. The highest BCUT2D eigenvalue weighted by Crippen LogP contribution is 2.38. The summed E-state index contributed by atoms with van der Waals surface area (Å²) in [6.45, 7) is 34.9. The summed E-state index contributed by atoms with van der Waals surface area (Å²) in [5.74, 6) is 0.467. The first kappa shape index (κ1) is 91.9. The standard InChI is InChI=1S/C28H29ClF2N2O.C27H33ClN2O3.C25H29ClN2O2.C21H25ClN2O/c1-28(2,3)21-7-5-20(6-8-21)22(26-11-9-23(29)27(34)32-26)14-19-12-13-33(17-19)16-18-4-10-24(30)25(31)15-18;1-27(2,3)21-6-4-19(5-7-21)22(24-9-8-23(28)25(31)29-24)16-18-10-13-30(17-18)26(32)20-11-14-33-15-12-20;1-25(2,3)19-8-6-17(7-9-19)20(22-11-10-21(26)23(29)27-22)14-16-12-13-28(15-16)24(30)18-4-5-18;1-21(2,3)16-6-4-15(5-7-16)17(12-14-10-11-23-13-14)19-9-8-18(22)20(25)24-19/h4-11,14-15,19H,12-13,16-17H2,1-3H3,(H,32,34);4-9,16,18,20H,10-15,17H2,1-3H3,(H,29,31);6-11,14,16,18H,4-5,12-13,15H2,1-3H3,(H,27,29);4-9,12,14,23H,10-11,13H2,1-3H3,(H,24,25)/b22-14+;22-16+;20-14+;17-12+/t19-;18-;16-;14-/m1111/s1. The maximum Gasteiger partial charge on any atom is 0.267 e. The molecule has 9 heterocycles. The van der Waals surface area contributed by atoms with Crippen molar-refractivity contribution < 1.29 is 23.1 Å². The van der Waals surface area contributed by atoms with Crippen LogP contribution in [0.4, 0.5) is 8.78 Å². The second-order valence-electron chi connectivity index (χ2n) is 37.4. The Morgan fingerprint density at radius 3 is 1.01 bits per heavy atom. The van der Waals surface area contributed by atoms with Crippen LogP contribution in [-0.4, -0.2) is 112 Å². The van der Waals surface area contributed by atoms with Crippen LogP contribution in [-0.2, 0) is 42.5 Å². The zero-order valence-corrected chi connectivity index (χ0v) is 75.3. The molecule has 0 radical (unpaired) electrons. The highest BCUT2D eigenvalue weighted by Gasteiger charge is 2.37. The molecule has 9 aromatic rings. The van der Waals surface area contributed by atoms with Crippen LogP contribution in [0.1, 0.15) is 207 Å². The van der Waals surface area contributed by atoms with Crippen LogP contribution in [0, 0.1) is 47.1 Å². The Morgan fingerprint density at radius 2 is 0.705 bits per heavy atom. The summed E-state index contributed by atoms with van der Waals surface area (Å²) < 4.78 is 32.3. The van der Waals surface area contributed by atoms with Crippen LogP contribution in [0.2, 0.25) is 20.1 Å². The Bertz CT molecular complexity index is 5550. The SMILES string of the molecule is CC(C)(C)c1ccc(/C(=C\[C@H]2CCN(C(=O)C3CC3)C2)c2ccc(Cl)c(=O)[nH]2)cc1.CC(C)(C)c1ccc(/C(=C\[C@H]2CCN(C(=O)C3CCOCC3)C2)c2ccc(Cl)c(=O)[nH]2)cc1.CC(C)(C)c1ccc(/C(=C\[C@H]2CCN(Cc3ccc(F)c(F)c3)C2)c2ccc(Cl)c(=O)[nH]2)cc1.CC(C)(C)c1ccc(/C(=C\[C@H]2CCNC2)c2ccc(Cl)c(=O)[nH]2)cc1. The molecule has 0 bridgehead atoms. The predicted molar refractivity (Wildman–Crippen MR) is 494 cm³/mol. The summed E-state index contributed by atoms with van der Waals surface area (Å²) >= 11 is 23.8. The summed E-state index contributed by atoms with van der Waals surface area (Å²) in [5, 5.41) is 4.13. The Hall–Kier alpha value is -9.30. The minimum Gasteiger partial charge on any atom is -0.381 e. The fourth-order valence-electron chi connectivity index (χ4n) is 16.3. The van der Waals surface area contributed by atoms with Gasteiger partial charge in [0.15, 0.2) is 11.6 Å². The van der Waals surface area contributed by atoms with Gasteiger partial charge in [0.25, 0.3) is 22.2 Å². The number of ether oxygens (including phenoxy) is 1. The molecule has 0 spiro atoms. The van der Waals surface area contributed by atoms with Crippen LogP contribution in [0.15, 0.2) is 207 Å². The van der Waals surface area contributed by atoms with Crippen molar-refractivity contribution in [2.75, 3.05) is 65.6 Å². The molecule has 5 aromatic carbocycles. The monoisotopic (exact) mass is 1730 g/mol. The number of hydrogen-bond acceptors (Lipinski definition) is 9. The number of aromatic nitrogens is 4. The van der Waals surface area contributed by atoms with E-state index in [1.807, 2.05) is 34.1 Å². The van der Waals surface area contributed by atoms with Crippen molar-refractivity contribution in [3.05, 3.63) is 334 Å². The fourth-order valence-corrected chi connectivity index (χ4v) is 16.7. The fraction of sp³-hybridized carbons (Fsp3) is 0.406. The minimum absolute atomic E-state index is 0.0444. The van der Waals surface area contributed by atoms with Gasteiger partial charge in [-0.3, -0.25) is 33.7 Å². The van der Waals surface area contributed by atoms with Gasteiger partial charge in [-0.2, -0.15) is 0 Å². The average Bonchev–Trinajstić information content (AvgIpc) is 1.22. The molecule has 15 nitrogen and oxygen atoms in total. The zero-order valence-electron chi connectivity index (χ0n) is 72.3. The number of nitrogens with one attached hydrogen (secondary N) is 5. The molecule has 4 aromatic heterocycles. The number of H-pyrrole nitrogens is 4. The van der Waals surface area contributed by atoms with Crippen molar-refractivity contribution >= 4 is 80.5 Å². The van der Waals surface area contributed by atoms with Crippen molar-refractivity contribution in [2.45, 2.75) is 163 Å². The number of halogens is 6. The van der Waals surface area contributed by atoms with Crippen molar-refractivity contribution in [1.82, 2.24) is 40.0 Å². The lowest BCUT2D eigenvalue weighted by Gasteiger charge is -2.26. The predicted octanol–water partition coefficient (Wildman–Crippen LogP) is 21.0. The highest BCUT2D eigenvalue weighted by atomic mass is 35.5.